The van der Waals surface area contributed by atoms with E-state index < -0.39 is 0 Å². The fourth-order valence-electron chi connectivity index (χ4n) is 2.22. The molecule has 0 aromatic heterocycles. The Kier molecular flexibility index (Phi) is 10.2. The van der Waals surface area contributed by atoms with Crippen molar-refractivity contribution in [3.8, 4) is 0 Å². The van der Waals surface area contributed by atoms with Crippen LogP contribution >= 0.6 is 0 Å². The molecule has 1 aliphatic carbocycles. The Morgan fingerprint density at radius 2 is 1.75 bits per heavy atom. The van der Waals surface area contributed by atoms with Crippen molar-refractivity contribution < 1.29 is 9.59 Å². The maximum atomic E-state index is 10.7. The summed E-state index contributed by atoms with van der Waals surface area (Å²) in [6, 6.07) is 6.88. The molecule has 0 amide bonds. The van der Waals surface area contributed by atoms with Crippen LogP contribution in [0.25, 0.3) is 0 Å². The summed E-state index contributed by atoms with van der Waals surface area (Å²) in [5, 5.41) is 3.21. The topological polar surface area (TPSA) is 72.2 Å². The molecule has 3 N–H and O–H groups in total. The summed E-state index contributed by atoms with van der Waals surface area (Å²) in [4.78, 5) is 18.7. The highest BCUT2D eigenvalue weighted by Crippen LogP contribution is 2.23. The summed E-state index contributed by atoms with van der Waals surface area (Å²) >= 11 is 0. The summed E-state index contributed by atoms with van der Waals surface area (Å²) in [5.74, 6) is 1.07. The van der Waals surface area contributed by atoms with E-state index in [2.05, 4.69) is 5.32 Å². The number of ketones is 1. The summed E-state index contributed by atoms with van der Waals surface area (Å²) in [6.45, 7) is 4.77. The minimum absolute atomic E-state index is 0.0694. The lowest BCUT2D eigenvalue weighted by Gasteiger charge is -2.04. The van der Waals surface area contributed by atoms with Crippen molar-refractivity contribution in [3.63, 3.8) is 0 Å². The highest BCUT2D eigenvalue weighted by atomic mass is 16.1. The van der Waals surface area contributed by atoms with Crippen LogP contribution in [0, 0.1) is 5.92 Å². The van der Waals surface area contributed by atoms with E-state index in [0.717, 1.165) is 5.92 Å². The molecule has 1 saturated carbocycles. The van der Waals surface area contributed by atoms with E-state index in [4.69, 9.17) is 10.5 Å². The van der Waals surface area contributed by atoms with Crippen LogP contribution in [0.3, 0.4) is 0 Å². The molecule has 0 spiro atoms. The van der Waals surface area contributed by atoms with Crippen LogP contribution in [0.1, 0.15) is 43.0 Å². The van der Waals surface area contributed by atoms with Crippen LogP contribution in [0.2, 0.25) is 0 Å². The lowest BCUT2D eigenvalue weighted by molar-refractivity contribution is -0.0979. The number of benzene rings is 1. The first-order valence-electron chi connectivity index (χ1n) is 6.93. The zero-order valence-electron chi connectivity index (χ0n) is 12.5. The Morgan fingerprint density at radius 3 is 2.15 bits per heavy atom. The van der Waals surface area contributed by atoms with Gasteiger partial charge in [0, 0.05) is 11.3 Å². The molecule has 0 radical (unpaired) electrons. The average molecular weight is 278 g/mol. The summed E-state index contributed by atoms with van der Waals surface area (Å²) in [6.07, 6.45) is 5.85. The van der Waals surface area contributed by atoms with Gasteiger partial charge in [0.1, 0.15) is 6.79 Å². The molecule has 1 aromatic carbocycles. The molecule has 20 heavy (non-hydrogen) atoms. The summed E-state index contributed by atoms with van der Waals surface area (Å²) < 4.78 is 0. The Labute approximate surface area is 121 Å². The van der Waals surface area contributed by atoms with Crippen LogP contribution in [0.15, 0.2) is 24.3 Å². The summed E-state index contributed by atoms with van der Waals surface area (Å²) in [5.41, 5.74) is 6.80. The van der Waals surface area contributed by atoms with Crippen molar-refractivity contribution in [1.82, 2.24) is 5.32 Å². The number of rotatable bonds is 3. The molecule has 0 heterocycles. The number of anilines is 1. The molecule has 112 valence electrons. The number of nitrogen functional groups attached to an aromatic ring is 1. The van der Waals surface area contributed by atoms with Crippen molar-refractivity contribution in [1.29, 1.82) is 0 Å². The van der Waals surface area contributed by atoms with Gasteiger partial charge in [0.25, 0.3) is 0 Å². The smallest absolute Gasteiger partial charge is 0.159 e. The normalized spacial score (nSPS) is 13.7. The standard InChI is InChI=1S/C8H9NO.C7H15N.CH2O/c1-6(10)7-2-4-8(9)5-3-7;1-8-6-7-4-2-3-5-7;1-2/h2-5H,9H2,1H3;7-8H,2-6H2,1H3;1H2. The van der Waals surface area contributed by atoms with E-state index >= 15 is 0 Å². The van der Waals surface area contributed by atoms with E-state index in [9.17, 15) is 4.79 Å². The molecule has 1 fully saturated rings. The van der Waals surface area contributed by atoms with Gasteiger partial charge in [0.05, 0.1) is 0 Å². The minimum atomic E-state index is 0.0694. The number of nitrogens with one attached hydrogen (secondary N) is 1. The Hall–Kier alpha value is -1.68. The molecule has 2 rings (SSSR count). The average Bonchev–Trinajstić information content (AvgIpc) is 2.96. The third-order valence-corrected chi connectivity index (χ3v) is 3.28. The highest BCUT2D eigenvalue weighted by Gasteiger charge is 2.12. The predicted octanol–water partition coefficient (Wildman–Crippen LogP) is 2.68. The first kappa shape index (κ1) is 18.3. The second-order valence-electron chi connectivity index (χ2n) is 4.89. The number of carbonyl (C=O) groups is 2. The molecule has 0 atom stereocenters. The number of hydrogen-bond acceptors (Lipinski definition) is 4. The van der Waals surface area contributed by atoms with Crippen molar-refractivity contribution in [2.24, 2.45) is 5.92 Å². The Morgan fingerprint density at radius 1 is 1.25 bits per heavy atom. The molecular weight excluding hydrogens is 252 g/mol. The largest absolute Gasteiger partial charge is 0.399 e. The SMILES string of the molecule is C=O.CC(=O)c1ccc(N)cc1.CNCC1CCCC1. The minimum Gasteiger partial charge on any atom is -0.399 e. The van der Waals surface area contributed by atoms with Crippen molar-refractivity contribution >= 4 is 18.3 Å². The third kappa shape index (κ3) is 7.69. The van der Waals surface area contributed by atoms with Crippen LogP contribution in [0.4, 0.5) is 5.69 Å². The fourth-order valence-corrected chi connectivity index (χ4v) is 2.22. The van der Waals surface area contributed by atoms with Crippen molar-refractivity contribution in [2.75, 3.05) is 19.3 Å². The second kappa shape index (κ2) is 11.2. The second-order valence-corrected chi connectivity index (χ2v) is 4.89. The van der Waals surface area contributed by atoms with Crippen molar-refractivity contribution in [3.05, 3.63) is 29.8 Å². The Balaban J connectivity index is 0.000000327. The molecule has 1 aromatic rings. The van der Waals surface area contributed by atoms with Gasteiger partial charge in [-0.1, -0.05) is 12.8 Å². The number of carbonyl (C=O) groups excluding carboxylic acids is 2. The monoisotopic (exact) mass is 278 g/mol. The number of hydrogen-bond donors (Lipinski definition) is 2. The van der Waals surface area contributed by atoms with E-state index in [-0.39, 0.29) is 5.78 Å². The first-order valence-corrected chi connectivity index (χ1v) is 6.93. The van der Waals surface area contributed by atoms with Crippen LogP contribution < -0.4 is 11.1 Å². The van der Waals surface area contributed by atoms with Gasteiger partial charge in [0.15, 0.2) is 5.78 Å². The quantitative estimate of drug-likeness (QED) is 0.658. The van der Waals surface area contributed by atoms with E-state index in [1.54, 1.807) is 24.3 Å². The highest BCUT2D eigenvalue weighted by molar-refractivity contribution is 5.94. The van der Waals surface area contributed by atoms with E-state index in [1.807, 2.05) is 13.8 Å². The van der Waals surface area contributed by atoms with Crippen LogP contribution in [-0.4, -0.2) is 26.2 Å². The molecule has 0 aliphatic heterocycles. The maximum Gasteiger partial charge on any atom is 0.159 e. The maximum absolute atomic E-state index is 10.7. The van der Waals surface area contributed by atoms with Gasteiger partial charge >= 0.3 is 0 Å². The molecule has 0 saturated heterocycles. The number of nitrogens with two attached hydrogens (primary N) is 1. The Bertz CT molecular complexity index is 371. The molecule has 0 unspecified atom stereocenters. The van der Waals surface area contributed by atoms with Gasteiger partial charge < -0.3 is 15.8 Å². The predicted molar refractivity (Wildman–Crippen MR) is 83.9 cm³/mol. The molecule has 1 aliphatic rings. The molecule has 4 heteroatoms. The van der Waals surface area contributed by atoms with Gasteiger partial charge in [-0.25, -0.2) is 0 Å². The van der Waals surface area contributed by atoms with E-state index in [1.165, 1.54) is 39.2 Å². The molecule has 0 bridgehead atoms. The van der Waals surface area contributed by atoms with Gasteiger partial charge in [-0.15, -0.1) is 0 Å². The lowest BCUT2D eigenvalue weighted by Crippen LogP contribution is -2.15. The van der Waals surface area contributed by atoms with Gasteiger partial charge in [-0.2, -0.15) is 0 Å². The van der Waals surface area contributed by atoms with Gasteiger partial charge in [-0.05, 0) is 63.5 Å². The van der Waals surface area contributed by atoms with Gasteiger partial charge in [-0.3, -0.25) is 4.79 Å². The molecule has 4 nitrogen and oxygen atoms in total. The van der Waals surface area contributed by atoms with Crippen LogP contribution in [-0.2, 0) is 4.79 Å². The number of Topliss-reactive ketones (excluding diaryl/α,β-unsaturated/α-hetero) is 1. The first-order chi connectivity index (χ1) is 9.63. The van der Waals surface area contributed by atoms with E-state index in [0.29, 0.717) is 11.3 Å². The zero-order chi connectivity index (χ0) is 15.4. The third-order valence-electron chi connectivity index (χ3n) is 3.28. The van der Waals surface area contributed by atoms with Crippen molar-refractivity contribution in [2.45, 2.75) is 32.6 Å². The summed E-state index contributed by atoms with van der Waals surface area (Å²) in [7, 11) is 2.04. The molecular formula is C16H26N2O2. The van der Waals surface area contributed by atoms with Gasteiger partial charge in [0.2, 0.25) is 0 Å². The zero-order valence-corrected chi connectivity index (χ0v) is 12.5. The lowest BCUT2D eigenvalue weighted by atomic mass is 10.1. The van der Waals surface area contributed by atoms with Crippen LogP contribution in [0.5, 0.6) is 0 Å². The fraction of sp³-hybridized carbons (Fsp3) is 0.500.